The number of esters is 8. The quantitative estimate of drug-likeness (QED) is 0.0289. The average molecular weight is 1750 g/mol. The molecule has 0 saturated heterocycles. The summed E-state index contributed by atoms with van der Waals surface area (Å²) in [6, 6.07) is -8.16. The van der Waals surface area contributed by atoms with E-state index in [9.17, 15) is 161 Å². The van der Waals surface area contributed by atoms with Crippen LogP contribution < -0.4 is 37.9 Å². The molecule has 0 aromatic heterocycles. The molecule has 0 amide bonds. The third-order valence-electron chi connectivity index (χ3n) is 10.4. The van der Waals surface area contributed by atoms with Crippen molar-refractivity contribution >= 4 is 47.8 Å². The molecule has 0 heterocycles. The second-order valence-electron chi connectivity index (χ2n) is 19.3. The van der Waals surface area contributed by atoms with Gasteiger partial charge in [-0.3, -0.25) is 0 Å². The lowest BCUT2D eigenvalue weighted by Crippen LogP contribution is -2.09. The van der Waals surface area contributed by atoms with Gasteiger partial charge in [-0.25, -0.2) is 82.3 Å². The van der Waals surface area contributed by atoms with Gasteiger partial charge >= 0.3 is 66.3 Å². The van der Waals surface area contributed by atoms with Crippen LogP contribution in [-0.4, -0.2) is 47.8 Å². The molecule has 0 spiro atoms. The number of hydrogen-bond acceptors (Lipinski definition) is 16. The van der Waals surface area contributed by atoms with Gasteiger partial charge in [0.2, 0.25) is 52.4 Å². The summed E-state index contributed by atoms with van der Waals surface area (Å²) in [6.07, 6.45) is -14.9. The van der Waals surface area contributed by atoms with Crippen molar-refractivity contribution in [3.63, 3.8) is 0 Å². The van der Waals surface area contributed by atoms with Gasteiger partial charge < -0.3 is 37.9 Å². The molecule has 0 aliphatic carbocycles. The van der Waals surface area contributed by atoms with Crippen molar-refractivity contribution in [2.75, 3.05) is 0 Å². The smallest absolute Gasteiger partial charge is 0.416 e. The Bertz CT molecular complexity index is 5720. The highest BCUT2D eigenvalue weighted by molar-refractivity contribution is 5.90. The SMILES string of the molecule is C=C(F)C(=O)Oc1cc(F)cc(F)c1.C=C(F)C(=O)Oc1ccc(F)c(F)c1.C=C(F)C(=O)Oc1ccc(F)c(F)c1F.C=C(F)C(=O)Oc1cccc(C(F)(F)F)c1.[2H]c1c(F)c([2H])c(OC(=O)C(=C)F)c([2H])c1F.[2H]c1c([2H])c(OC(=O)C(=C)F)c([2H])c(C(F)(F)F)c1[2H].[2H]c1c([2H])c(OC(=O)C(=C)F)c([2H])c(C(F)(F)F)c1[2H].[2H]c1c([2H])c(OC(=O)C(=C)F)c([2H])c(F)c1F. The number of alkyl halides is 9. The summed E-state index contributed by atoms with van der Waals surface area (Å²) < 4.78 is 484. The number of carbonyl (C=O) groups excluding carboxylic acids is 8. The van der Waals surface area contributed by atoms with E-state index in [4.69, 9.17) is 19.2 Å². The molecule has 16 nitrogen and oxygen atoms in total. The normalized spacial score (nSPS) is 11.9. The van der Waals surface area contributed by atoms with Crippen molar-refractivity contribution in [3.8, 4) is 46.0 Å². The Labute approximate surface area is 667 Å². The fourth-order valence-electron chi connectivity index (χ4n) is 5.57. The summed E-state index contributed by atoms with van der Waals surface area (Å²) in [4.78, 5) is 85.9. The number of rotatable bonds is 16. The lowest BCUT2D eigenvalue weighted by molar-refractivity contribution is -0.138. The van der Waals surface area contributed by atoms with E-state index < -0.39 is 318 Å². The van der Waals surface area contributed by atoms with Crippen LogP contribution in [0.3, 0.4) is 0 Å². The summed E-state index contributed by atoms with van der Waals surface area (Å²) in [6.45, 7) is 20.9. The van der Waals surface area contributed by atoms with E-state index in [0.717, 1.165) is 42.5 Å². The Morgan fingerprint density at radius 2 is 0.597 bits per heavy atom. The highest BCUT2D eigenvalue weighted by Crippen LogP contribution is 2.35. The lowest BCUT2D eigenvalue weighted by Gasteiger charge is -2.08. The third kappa shape index (κ3) is 39.4. The van der Waals surface area contributed by atoms with Crippen LogP contribution in [0.1, 0.15) is 35.9 Å². The van der Waals surface area contributed by atoms with Crippen molar-refractivity contribution in [2.24, 2.45) is 0 Å². The number of carbonyl (C=O) groups is 8. The maximum atomic E-state index is 13.1. The molecule has 0 atom stereocenters. The number of benzene rings is 8. The zero-order chi connectivity index (χ0) is 104. The van der Waals surface area contributed by atoms with Crippen LogP contribution in [0.5, 0.6) is 46.0 Å². The van der Waals surface area contributed by atoms with Gasteiger partial charge in [-0.05, 0) is 90.8 Å². The first kappa shape index (κ1) is 79.7. The summed E-state index contributed by atoms with van der Waals surface area (Å²) in [5.41, 5.74) is -4.67. The monoisotopic (exact) mass is 1740 g/mol. The van der Waals surface area contributed by atoms with Crippen LogP contribution in [-0.2, 0) is 56.9 Å². The lowest BCUT2D eigenvalue weighted by atomic mass is 10.2. The van der Waals surface area contributed by atoms with E-state index in [1.165, 1.54) is 0 Å². The van der Waals surface area contributed by atoms with Gasteiger partial charge in [0, 0.05) is 48.4 Å². The predicted octanol–water partition coefficient (Wildman–Crippen LogP) is 21.2. The Kier molecular flexibility index (Phi) is 31.7. The molecule has 0 radical (unpaired) electrons. The average Bonchev–Trinajstić information content (AvgIpc) is 0.770. The molecule has 0 N–H and O–H groups in total. The molecule has 0 bridgehead atoms. The zero-order valence-electron chi connectivity index (χ0n) is 71.2. The van der Waals surface area contributed by atoms with Crippen LogP contribution >= 0.6 is 0 Å². The number of hydrogen-bond donors (Lipinski definition) is 0. The molecule has 44 heteroatoms. The van der Waals surface area contributed by atoms with Crippen LogP contribution in [0.4, 0.5) is 123 Å². The molecule has 8 rings (SSSR count). The largest absolute Gasteiger partial charge is 0.421 e. The molecular formula is C75H42F28O16. The minimum Gasteiger partial charge on any atom is -0.421 e. The Morgan fingerprint density at radius 1 is 0.261 bits per heavy atom. The fraction of sp³-hybridized carbons (Fsp3) is 0.0400. The molecule has 0 unspecified atom stereocenters. The van der Waals surface area contributed by atoms with E-state index >= 15 is 0 Å². The number of halogens is 28. The Morgan fingerprint density at radius 3 is 0.966 bits per heavy atom. The Balaban J connectivity index is 0.000000762. The van der Waals surface area contributed by atoms with E-state index in [-0.39, 0.29) is 5.75 Å². The molecule has 0 fully saturated rings. The first-order chi connectivity index (χ1) is 60.7. The Hall–Kier alpha value is -14.5. The molecule has 8 aromatic rings. The van der Waals surface area contributed by atoms with Gasteiger partial charge in [0.25, 0.3) is 0 Å². The summed E-state index contributed by atoms with van der Waals surface area (Å²) in [7, 11) is 0. The first-order valence-corrected chi connectivity index (χ1v) is 28.7. The summed E-state index contributed by atoms with van der Waals surface area (Å²) in [5.74, 6) is -46.7. The van der Waals surface area contributed by atoms with Gasteiger partial charge in [0.15, 0.2) is 40.7 Å². The molecule has 8 aromatic carbocycles. The maximum Gasteiger partial charge on any atom is 0.416 e. The minimum absolute atomic E-state index is 0.285. The van der Waals surface area contributed by atoms with Gasteiger partial charge in [-0.2, -0.15) is 79.0 Å². The predicted molar refractivity (Wildman–Crippen MR) is 353 cm³/mol. The highest BCUT2D eigenvalue weighted by Gasteiger charge is 2.33. The van der Waals surface area contributed by atoms with Gasteiger partial charge in [0.05, 0.1) is 35.9 Å². The third-order valence-corrected chi connectivity index (χ3v) is 10.4. The fourth-order valence-corrected chi connectivity index (χ4v) is 5.57. The van der Waals surface area contributed by atoms with Crippen molar-refractivity contribution in [1.29, 1.82) is 0 Å². The number of ether oxygens (including phenoxy) is 8. The first-order valence-electron chi connectivity index (χ1n) is 35.7. The van der Waals surface area contributed by atoms with Crippen LogP contribution in [0, 0.1) is 64.0 Å². The van der Waals surface area contributed by atoms with Gasteiger partial charge in [-0.1, -0.05) is 70.8 Å². The molecule has 119 heavy (non-hydrogen) atoms. The summed E-state index contributed by atoms with van der Waals surface area (Å²) in [5, 5.41) is 0. The second-order valence-corrected chi connectivity index (χ2v) is 19.3. The van der Waals surface area contributed by atoms with Crippen LogP contribution in [0.2, 0.25) is 0 Å². The van der Waals surface area contributed by atoms with Gasteiger partial charge in [-0.15, -0.1) is 0 Å². The standard InChI is InChI=1S/3C10H6F4O2.C9H4F4O2.4C9H5F3O2/c3*1-6(11)9(15)16-8-4-2-3-7(5-8)10(12,13)14;1-4(10)9(14)15-6-3-2-5(11)7(12)8(6)13;2*1-5(10)9(13)14-8-3-6(11)2-7(12)4-8;2*1-5(10)9(13)14-6-2-3-7(11)8(12)4-6/h3*2-5H,1H2;2-3H,1H2;4*2-4H,1H2/i2*2D,3D,4D,5D;;;2D,3D,4D;;2D,3D,4D;. The minimum atomic E-state index is -5.16. The van der Waals surface area contributed by atoms with E-state index in [1.54, 1.807) is 0 Å². The topological polar surface area (TPSA) is 210 Å². The molecule has 0 aliphatic heterocycles. The van der Waals surface area contributed by atoms with Crippen molar-refractivity contribution in [2.45, 2.75) is 18.5 Å². The van der Waals surface area contributed by atoms with E-state index in [1.807, 2.05) is 0 Å². The van der Waals surface area contributed by atoms with Crippen molar-refractivity contribution in [3.05, 3.63) is 337 Å². The van der Waals surface area contributed by atoms with E-state index in [0.29, 0.717) is 30.3 Å². The van der Waals surface area contributed by atoms with Crippen LogP contribution in [0.25, 0.3) is 0 Å². The molecular weight excluding hydrogens is 1690 g/mol. The highest BCUT2D eigenvalue weighted by atomic mass is 19.4. The molecule has 634 valence electrons. The summed E-state index contributed by atoms with van der Waals surface area (Å²) >= 11 is 0. The second kappa shape index (κ2) is 47.4. The zero-order valence-corrected chi connectivity index (χ0v) is 57.2. The molecule has 0 saturated carbocycles. The van der Waals surface area contributed by atoms with E-state index in [2.05, 4.69) is 90.5 Å². The van der Waals surface area contributed by atoms with Crippen LogP contribution in [0.15, 0.2) is 257 Å². The van der Waals surface area contributed by atoms with Crippen molar-refractivity contribution in [1.82, 2.24) is 0 Å². The molecule has 0 aliphatic rings. The maximum absolute atomic E-state index is 13.1. The van der Waals surface area contributed by atoms with Crippen molar-refractivity contribution < 1.29 is 218 Å². The van der Waals surface area contributed by atoms with Gasteiger partial charge in [0.1, 0.15) is 63.5 Å².